The highest BCUT2D eigenvalue weighted by Crippen LogP contribution is 2.66. The van der Waals surface area contributed by atoms with Crippen LogP contribution in [0.4, 0.5) is 4.79 Å². The summed E-state index contributed by atoms with van der Waals surface area (Å²) in [4.78, 5) is 32.7. The lowest BCUT2D eigenvalue weighted by atomic mass is 9.46. The number of ketones is 1. The minimum absolute atomic E-state index is 0.210. The number of nitrogens with one attached hydrogen (secondary N) is 1. The predicted molar refractivity (Wildman–Crippen MR) is 155 cm³/mol. The van der Waals surface area contributed by atoms with Crippen molar-refractivity contribution in [3.63, 3.8) is 0 Å². The highest BCUT2D eigenvalue weighted by Gasteiger charge is 2.59. The van der Waals surface area contributed by atoms with E-state index < -0.39 is 0 Å². The SMILES string of the molecule is C/C(=N\OC(=O)N(CCNCC[N+](C)(C)C)C1CC1)[C@H]1CC[C@H]2[C@@H]3CCC4=CC(=O)CC[C@]4(C)[C@H]3CC[C@]12C. The molecule has 0 spiro atoms. The zero-order chi connectivity index (χ0) is 28.0. The molecule has 4 saturated carbocycles. The van der Waals surface area contributed by atoms with E-state index in [1.807, 2.05) is 11.0 Å². The van der Waals surface area contributed by atoms with Crippen LogP contribution in [0.25, 0.3) is 0 Å². The van der Waals surface area contributed by atoms with Crippen LogP contribution < -0.4 is 5.32 Å². The normalized spacial score (nSPS) is 36.5. The Hall–Kier alpha value is -1.73. The first-order chi connectivity index (χ1) is 18.4. The smallest absolute Gasteiger partial charge is 0.330 e. The average Bonchev–Trinajstić information content (AvgIpc) is 3.64. The highest BCUT2D eigenvalue weighted by atomic mass is 16.7. The first-order valence-electron chi connectivity index (χ1n) is 15.7. The molecule has 5 aliphatic carbocycles. The van der Waals surface area contributed by atoms with Crippen LogP contribution in [0.15, 0.2) is 16.8 Å². The number of amides is 1. The molecular formula is C32H53N4O3+. The van der Waals surface area contributed by atoms with E-state index in [1.54, 1.807) is 0 Å². The molecule has 1 N–H and O–H groups in total. The Morgan fingerprint density at radius 2 is 1.82 bits per heavy atom. The van der Waals surface area contributed by atoms with E-state index in [0.717, 1.165) is 74.3 Å². The van der Waals surface area contributed by atoms with Gasteiger partial charge in [0.15, 0.2) is 5.78 Å². The first-order valence-corrected chi connectivity index (χ1v) is 15.7. The van der Waals surface area contributed by atoms with E-state index in [1.165, 1.54) is 31.3 Å². The first kappa shape index (κ1) is 28.8. The second-order valence-electron chi connectivity index (χ2n) is 14.9. The van der Waals surface area contributed by atoms with Crippen LogP contribution in [-0.4, -0.2) is 80.3 Å². The van der Waals surface area contributed by atoms with Crippen molar-refractivity contribution in [2.24, 2.45) is 39.7 Å². The van der Waals surface area contributed by atoms with Crippen LogP contribution in [0.1, 0.15) is 85.0 Å². The van der Waals surface area contributed by atoms with E-state index in [4.69, 9.17) is 4.84 Å². The van der Waals surface area contributed by atoms with E-state index in [-0.39, 0.29) is 16.9 Å². The fourth-order valence-corrected chi connectivity index (χ4v) is 9.02. The molecule has 7 nitrogen and oxygen atoms in total. The lowest BCUT2D eigenvalue weighted by Crippen LogP contribution is -2.51. The summed E-state index contributed by atoms with van der Waals surface area (Å²) in [6, 6.07) is 0.304. The van der Waals surface area contributed by atoms with Gasteiger partial charge in [-0.1, -0.05) is 24.6 Å². The average molecular weight is 542 g/mol. The van der Waals surface area contributed by atoms with E-state index in [0.29, 0.717) is 36.1 Å². The predicted octanol–water partition coefficient (Wildman–Crippen LogP) is 5.41. The number of quaternary nitrogens is 1. The van der Waals surface area contributed by atoms with Crippen molar-refractivity contribution in [3.05, 3.63) is 11.6 Å². The third-order valence-corrected chi connectivity index (χ3v) is 11.4. The van der Waals surface area contributed by atoms with Crippen LogP contribution >= 0.6 is 0 Å². The molecule has 0 radical (unpaired) electrons. The summed E-state index contributed by atoms with van der Waals surface area (Å²) in [7, 11) is 6.57. The van der Waals surface area contributed by atoms with E-state index in [9.17, 15) is 9.59 Å². The van der Waals surface area contributed by atoms with Crippen molar-refractivity contribution in [1.29, 1.82) is 0 Å². The van der Waals surface area contributed by atoms with Gasteiger partial charge >= 0.3 is 6.09 Å². The van der Waals surface area contributed by atoms with E-state index >= 15 is 0 Å². The molecule has 6 atom stereocenters. The van der Waals surface area contributed by atoms with Gasteiger partial charge in [-0.3, -0.25) is 9.63 Å². The molecule has 0 unspecified atom stereocenters. The van der Waals surface area contributed by atoms with Crippen LogP contribution in [0.3, 0.4) is 0 Å². The fraction of sp³-hybridized carbons (Fsp3) is 0.844. The van der Waals surface area contributed by atoms with Gasteiger partial charge in [0, 0.05) is 38.0 Å². The molecule has 0 aliphatic heterocycles. The summed E-state index contributed by atoms with van der Waals surface area (Å²) in [6.45, 7) is 10.5. The Kier molecular flexibility index (Phi) is 8.06. The minimum atomic E-state index is -0.292. The maximum absolute atomic E-state index is 13.0. The fourth-order valence-electron chi connectivity index (χ4n) is 9.02. The molecule has 1 amide bonds. The Morgan fingerprint density at radius 1 is 1.05 bits per heavy atom. The number of fused-ring (bicyclic) bond motifs is 5. The third-order valence-electron chi connectivity index (χ3n) is 11.4. The Labute approximate surface area is 236 Å². The van der Waals surface area contributed by atoms with Gasteiger partial charge in [0.2, 0.25) is 0 Å². The Morgan fingerprint density at radius 3 is 2.54 bits per heavy atom. The largest absolute Gasteiger partial charge is 0.436 e. The van der Waals surface area contributed by atoms with Gasteiger partial charge in [0.1, 0.15) is 0 Å². The maximum Gasteiger partial charge on any atom is 0.436 e. The molecule has 0 aromatic carbocycles. The lowest BCUT2D eigenvalue weighted by molar-refractivity contribution is -0.869. The minimum Gasteiger partial charge on any atom is -0.330 e. The molecule has 0 aromatic heterocycles. The molecule has 5 aliphatic rings. The summed E-state index contributed by atoms with van der Waals surface area (Å²) < 4.78 is 0.927. The lowest BCUT2D eigenvalue weighted by Gasteiger charge is -2.58. The van der Waals surface area contributed by atoms with Crippen LogP contribution in [0, 0.1) is 34.5 Å². The number of allylic oxidation sites excluding steroid dienone is 1. The van der Waals surface area contributed by atoms with Gasteiger partial charge in [-0.2, -0.15) is 0 Å². The van der Waals surface area contributed by atoms with E-state index in [2.05, 4.69) is 52.4 Å². The molecule has 4 fully saturated rings. The molecule has 0 aromatic rings. The summed E-state index contributed by atoms with van der Waals surface area (Å²) in [5.41, 5.74) is 2.86. The Bertz CT molecular complexity index is 1010. The number of hydrogen-bond acceptors (Lipinski definition) is 5. The zero-order valence-electron chi connectivity index (χ0n) is 25.4. The molecule has 5 rings (SSSR count). The van der Waals surface area contributed by atoms with Crippen molar-refractivity contribution in [1.82, 2.24) is 10.2 Å². The monoisotopic (exact) mass is 541 g/mol. The van der Waals surface area contributed by atoms with Gasteiger partial charge < -0.3 is 14.7 Å². The molecule has 218 valence electrons. The van der Waals surface area contributed by atoms with Gasteiger partial charge in [-0.15, -0.1) is 0 Å². The van der Waals surface area contributed by atoms with Gasteiger partial charge in [0.05, 0.1) is 33.4 Å². The van der Waals surface area contributed by atoms with Crippen LogP contribution in [-0.2, 0) is 9.63 Å². The number of nitrogens with zero attached hydrogens (tertiary/aromatic N) is 3. The van der Waals surface area contributed by atoms with Crippen LogP contribution in [0.5, 0.6) is 0 Å². The summed E-state index contributed by atoms with van der Waals surface area (Å²) in [5, 5.41) is 7.98. The molecule has 0 heterocycles. The molecule has 0 saturated heterocycles. The second kappa shape index (κ2) is 10.9. The molecule has 39 heavy (non-hydrogen) atoms. The van der Waals surface area contributed by atoms with Crippen molar-refractivity contribution in [2.45, 2.75) is 91.0 Å². The summed E-state index contributed by atoms with van der Waals surface area (Å²) >= 11 is 0. The number of carbonyl (C=O) groups is 2. The third kappa shape index (κ3) is 5.86. The zero-order valence-corrected chi connectivity index (χ0v) is 25.4. The quantitative estimate of drug-likeness (QED) is 0.139. The van der Waals surface area contributed by atoms with Crippen molar-refractivity contribution >= 4 is 17.6 Å². The Balaban J connectivity index is 1.19. The molecule has 0 bridgehead atoms. The number of hydrogen-bond donors (Lipinski definition) is 1. The number of oxime groups is 1. The number of rotatable bonds is 9. The van der Waals surface area contributed by atoms with Crippen molar-refractivity contribution in [2.75, 3.05) is 47.3 Å². The standard InChI is InChI=1S/C32H53N4O3/c1-22(34-39-30(38)35(24-8-9-24)19-17-33-18-20-36(4,5)6)27-11-12-28-26-10-7-23-21-25(37)13-15-31(23,2)29(26)14-16-32(27,28)3/h21,24,26-29,33H,7-20H2,1-6H3/q+1/b34-22+/t26-,27+,28-,29-,31-,32+/m0/s1. The summed E-state index contributed by atoms with van der Waals surface area (Å²) in [5.74, 6) is 2.83. The highest BCUT2D eigenvalue weighted by molar-refractivity contribution is 5.91. The van der Waals surface area contributed by atoms with Crippen molar-refractivity contribution in [3.8, 4) is 0 Å². The van der Waals surface area contributed by atoms with Gasteiger partial charge in [-0.05, 0) is 99.4 Å². The van der Waals surface area contributed by atoms with Gasteiger partial charge in [-0.25, -0.2) is 4.79 Å². The molecule has 7 heteroatoms. The topological polar surface area (TPSA) is 71.0 Å². The molecular weight excluding hydrogens is 488 g/mol. The summed E-state index contributed by atoms with van der Waals surface area (Å²) in [6.07, 6.45) is 12.7. The van der Waals surface area contributed by atoms with Crippen molar-refractivity contribution < 1.29 is 18.9 Å². The number of likely N-dealkylation sites (N-methyl/N-ethyl adjacent to an activating group) is 1. The number of carbonyl (C=O) groups excluding carboxylic acids is 2. The second-order valence-corrected chi connectivity index (χ2v) is 14.9. The van der Waals surface area contributed by atoms with Crippen LogP contribution in [0.2, 0.25) is 0 Å². The maximum atomic E-state index is 13.0. The van der Waals surface area contributed by atoms with Gasteiger partial charge in [0.25, 0.3) is 0 Å².